The van der Waals surface area contributed by atoms with Crippen LogP contribution in [-0.2, 0) is 11.3 Å². The molecular weight excluding hydrogens is 330 g/mol. The predicted octanol–water partition coefficient (Wildman–Crippen LogP) is 1.17. The monoisotopic (exact) mass is 347 g/mol. The van der Waals surface area contributed by atoms with Crippen molar-refractivity contribution < 1.29 is 14.3 Å². The van der Waals surface area contributed by atoms with Gasteiger partial charge in [-0.25, -0.2) is 9.97 Å². The number of hydrogen-bond acceptors (Lipinski definition) is 8. The van der Waals surface area contributed by atoms with E-state index in [1.807, 2.05) is 18.2 Å². The van der Waals surface area contributed by atoms with Crippen molar-refractivity contribution in [3.05, 3.63) is 29.8 Å². The Hall–Kier alpha value is -2.68. The van der Waals surface area contributed by atoms with E-state index in [2.05, 4.69) is 15.3 Å². The van der Waals surface area contributed by atoms with E-state index >= 15 is 0 Å². The fourth-order valence-electron chi connectivity index (χ4n) is 2.11. The fourth-order valence-corrected chi connectivity index (χ4v) is 2.93. The molecule has 0 fully saturated rings. The van der Waals surface area contributed by atoms with E-state index in [-0.39, 0.29) is 29.6 Å². The normalized spacial score (nSPS) is 13.5. The molecule has 0 aliphatic carbocycles. The van der Waals surface area contributed by atoms with Crippen molar-refractivity contribution in [3.8, 4) is 11.5 Å². The fraction of sp³-hybridized carbons (Fsp3) is 0.267. The highest BCUT2D eigenvalue weighted by molar-refractivity contribution is 8.00. The number of nitrogens with zero attached hydrogens (tertiary/aromatic N) is 2. The zero-order valence-corrected chi connectivity index (χ0v) is 13.8. The van der Waals surface area contributed by atoms with Crippen LogP contribution >= 0.6 is 11.8 Å². The molecule has 1 atom stereocenters. The second-order valence-electron chi connectivity index (χ2n) is 5.17. The zero-order chi connectivity index (χ0) is 17.1. The van der Waals surface area contributed by atoms with Crippen LogP contribution in [0.1, 0.15) is 12.5 Å². The summed E-state index contributed by atoms with van der Waals surface area (Å²) in [6.07, 6.45) is 0. The summed E-state index contributed by atoms with van der Waals surface area (Å²) in [7, 11) is 0. The lowest BCUT2D eigenvalue weighted by Gasteiger charge is -2.12. The van der Waals surface area contributed by atoms with E-state index < -0.39 is 0 Å². The van der Waals surface area contributed by atoms with Crippen LogP contribution in [0, 0.1) is 0 Å². The minimum Gasteiger partial charge on any atom is -0.454 e. The maximum Gasteiger partial charge on any atom is 0.233 e. The number of ether oxygens (including phenoxy) is 2. The summed E-state index contributed by atoms with van der Waals surface area (Å²) < 4.78 is 10.6. The van der Waals surface area contributed by atoms with Crippen molar-refractivity contribution in [2.45, 2.75) is 23.9 Å². The number of fused-ring (bicyclic) bond motifs is 1. The number of anilines is 2. The van der Waals surface area contributed by atoms with Crippen molar-refractivity contribution in [3.63, 3.8) is 0 Å². The summed E-state index contributed by atoms with van der Waals surface area (Å²) in [4.78, 5) is 20.3. The summed E-state index contributed by atoms with van der Waals surface area (Å²) in [5, 5.41) is 2.85. The minimum atomic E-state index is -0.389. The molecule has 1 aliphatic heterocycles. The molecule has 9 heteroatoms. The Labute approximate surface area is 142 Å². The summed E-state index contributed by atoms with van der Waals surface area (Å²) >= 11 is 1.20. The maximum absolute atomic E-state index is 12.2. The Bertz CT molecular complexity index is 751. The van der Waals surface area contributed by atoms with E-state index in [0.717, 1.165) is 5.56 Å². The van der Waals surface area contributed by atoms with Crippen LogP contribution < -0.4 is 26.3 Å². The van der Waals surface area contributed by atoms with Gasteiger partial charge in [0.25, 0.3) is 0 Å². The third-order valence-electron chi connectivity index (χ3n) is 3.30. The van der Waals surface area contributed by atoms with E-state index in [0.29, 0.717) is 23.2 Å². The zero-order valence-electron chi connectivity index (χ0n) is 13.0. The van der Waals surface area contributed by atoms with Crippen molar-refractivity contribution in [2.24, 2.45) is 0 Å². The van der Waals surface area contributed by atoms with Crippen molar-refractivity contribution in [1.29, 1.82) is 0 Å². The number of benzene rings is 1. The lowest BCUT2D eigenvalue weighted by atomic mass is 10.2. The lowest BCUT2D eigenvalue weighted by molar-refractivity contribution is -0.120. The minimum absolute atomic E-state index is 0.137. The Kier molecular flexibility index (Phi) is 4.61. The molecule has 3 rings (SSSR count). The number of carbonyl (C=O) groups excluding carboxylic acids is 1. The number of carbonyl (C=O) groups is 1. The Morgan fingerprint density at radius 3 is 2.71 bits per heavy atom. The molecule has 2 heterocycles. The first kappa shape index (κ1) is 16.2. The van der Waals surface area contributed by atoms with Crippen LogP contribution in [0.4, 0.5) is 11.6 Å². The van der Waals surface area contributed by atoms with Crippen molar-refractivity contribution >= 4 is 29.3 Å². The number of nitrogen functional groups attached to an aromatic ring is 2. The molecule has 0 saturated carbocycles. The quantitative estimate of drug-likeness (QED) is 0.543. The highest BCUT2D eigenvalue weighted by Gasteiger charge is 2.17. The van der Waals surface area contributed by atoms with Crippen LogP contribution in [0.5, 0.6) is 11.5 Å². The third-order valence-corrected chi connectivity index (χ3v) is 4.26. The van der Waals surface area contributed by atoms with Gasteiger partial charge in [-0.1, -0.05) is 17.8 Å². The molecule has 1 unspecified atom stereocenters. The standard InChI is InChI=1S/C15H17N5O3S/c1-8(24-15-19-12(16)5-13(17)20-15)14(21)18-6-9-2-3-10-11(4-9)23-7-22-10/h2-5,8H,6-7H2,1H3,(H,18,21)(H4,16,17,19,20). The molecule has 8 nitrogen and oxygen atoms in total. The van der Waals surface area contributed by atoms with E-state index in [9.17, 15) is 4.79 Å². The topological polar surface area (TPSA) is 125 Å². The first-order valence-electron chi connectivity index (χ1n) is 7.24. The molecule has 24 heavy (non-hydrogen) atoms. The Morgan fingerprint density at radius 1 is 1.25 bits per heavy atom. The molecule has 5 N–H and O–H groups in total. The van der Waals surface area contributed by atoms with Crippen molar-refractivity contribution in [1.82, 2.24) is 15.3 Å². The average molecular weight is 347 g/mol. The molecule has 1 aromatic carbocycles. The van der Waals surface area contributed by atoms with Gasteiger partial charge in [0.15, 0.2) is 16.7 Å². The molecule has 126 valence electrons. The van der Waals surface area contributed by atoms with Gasteiger partial charge < -0.3 is 26.3 Å². The Morgan fingerprint density at radius 2 is 1.96 bits per heavy atom. The first-order valence-corrected chi connectivity index (χ1v) is 8.12. The second kappa shape index (κ2) is 6.83. The summed E-state index contributed by atoms with van der Waals surface area (Å²) in [5.41, 5.74) is 12.2. The highest BCUT2D eigenvalue weighted by Crippen LogP contribution is 2.32. The van der Waals surface area contributed by atoms with Crippen LogP contribution in [0.2, 0.25) is 0 Å². The molecule has 0 radical (unpaired) electrons. The summed E-state index contributed by atoms with van der Waals surface area (Å²) in [6.45, 7) is 2.38. The third kappa shape index (κ3) is 3.80. The SMILES string of the molecule is CC(Sc1nc(N)cc(N)n1)C(=O)NCc1ccc2c(c1)OCO2. The van der Waals surface area contributed by atoms with E-state index in [4.69, 9.17) is 20.9 Å². The van der Waals surface area contributed by atoms with Gasteiger partial charge in [-0.05, 0) is 24.6 Å². The van der Waals surface area contributed by atoms with Crippen LogP contribution in [0.3, 0.4) is 0 Å². The maximum atomic E-state index is 12.2. The summed E-state index contributed by atoms with van der Waals surface area (Å²) in [5.74, 6) is 1.82. The molecule has 0 spiro atoms. The van der Waals surface area contributed by atoms with E-state index in [1.165, 1.54) is 17.8 Å². The highest BCUT2D eigenvalue weighted by atomic mass is 32.2. The Balaban J connectivity index is 1.56. The van der Waals surface area contributed by atoms with Gasteiger partial charge >= 0.3 is 0 Å². The number of thioether (sulfide) groups is 1. The molecule has 2 aromatic rings. The van der Waals surface area contributed by atoms with Gasteiger partial charge in [-0.3, -0.25) is 4.79 Å². The number of nitrogens with one attached hydrogen (secondary N) is 1. The molecular formula is C15H17N5O3S. The number of hydrogen-bond donors (Lipinski definition) is 3. The van der Waals surface area contributed by atoms with Crippen LogP contribution in [0.25, 0.3) is 0 Å². The van der Waals surface area contributed by atoms with Gasteiger partial charge in [0, 0.05) is 12.6 Å². The number of nitrogens with two attached hydrogens (primary N) is 2. The van der Waals surface area contributed by atoms with Gasteiger partial charge in [-0.15, -0.1) is 0 Å². The number of aromatic nitrogens is 2. The molecule has 1 amide bonds. The van der Waals surface area contributed by atoms with Gasteiger partial charge in [0.1, 0.15) is 11.6 Å². The van der Waals surface area contributed by atoms with Crippen LogP contribution in [0.15, 0.2) is 29.4 Å². The lowest BCUT2D eigenvalue weighted by Crippen LogP contribution is -2.30. The summed E-state index contributed by atoms with van der Waals surface area (Å²) in [6, 6.07) is 7.02. The molecule has 0 bridgehead atoms. The number of amides is 1. The molecule has 1 aliphatic rings. The van der Waals surface area contributed by atoms with Crippen molar-refractivity contribution in [2.75, 3.05) is 18.3 Å². The van der Waals surface area contributed by atoms with Gasteiger partial charge in [0.05, 0.1) is 5.25 Å². The first-order chi connectivity index (χ1) is 11.5. The van der Waals surface area contributed by atoms with Gasteiger partial charge in [-0.2, -0.15) is 0 Å². The van der Waals surface area contributed by atoms with Gasteiger partial charge in [0.2, 0.25) is 12.7 Å². The number of rotatable bonds is 5. The molecule has 1 aromatic heterocycles. The second-order valence-corrected chi connectivity index (χ2v) is 6.47. The smallest absolute Gasteiger partial charge is 0.233 e. The largest absolute Gasteiger partial charge is 0.454 e. The van der Waals surface area contributed by atoms with Crippen LogP contribution in [-0.4, -0.2) is 27.9 Å². The molecule has 0 saturated heterocycles. The predicted molar refractivity (Wildman–Crippen MR) is 90.6 cm³/mol. The van der Waals surface area contributed by atoms with E-state index in [1.54, 1.807) is 6.92 Å². The average Bonchev–Trinajstić information content (AvgIpc) is 2.99.